The molecule has 0 aliphatic heterocycles. The first kappa shape index (κ1) is 22.1. The second-order valence-electron chi connectivity index (χ2n) is 6.80. The van der Waals surface area contributed by atoms with Gasteiger partial charge in [-0.15, -0.1) is 11.3 Å². The summed E-state index contributed by atoms with van der Waals surface area (Å²) < 4.78 is 17.7. The number of hydrazone groups is 1. The minimum absolute atomic E-state index is 0.320. The molecule has 0 unspecified atom stereocenters. The Hall–Kier alpha value is -4.11. The fourth-order valence-electron chi connectivity index (χ4n) is 3.24. The predicted molar refractivity (Wildman–Crippen MR) is 128 cm³/mol. The lowest BCUT2D eigenvalue weighted by molar-refractivity contribution is 0.0954. The van der Waals surface area contributed by atoms with Crippen LogP contribution in [-0.2, 0) is 0 Å². The first-order valence-electron chi connectivity index (χ1n) is 9.97. The third-order valence-electron chi connectivity index (χ3n) is 4.81. The molecule has 2 aromatic carbocycles. The van der Waals surface area contributed by atoms with Crippen molar-refractivity contribution in [2.45, 2.75) is 0 Å². The van der Waals surface area contributed by atoms with Crippen LogP contribution >= 0.6 is 11.3 Å². The van der Waals surface area contributed by atoms with Crippen LogP contribution in [0.3, 0.4) is 0 Å². The van der Waals surface area contributed by atoms with Gasteiger partial charge in [-0.25, -0.2) is 10.1 Å². The van der Waals surface area contributed by atoms with E-state index < -0.39 is 5.91 Å². The van der Waals surface area contributed by atoms with Crippen molar-refractivity contribution >= 4 is 23.5 Å². The zero-order chi connectivity index (χ0) is 23.2. The molecule has 33 heavy (non-hydrogen) atoms. The topological polar surface area (TPSA) is 87.0 Å². The number of ether oxygens (including phenoxy) is 3. The summed E-state index contributed by atoms with van der Waals surface area (Å²) in [4.78, 5) is 13.7. The number of rotatable bonds is 8. The standard InChI is InChI=1S/C24H22N4O4S/c1-30-19-12-16(13-20(31-2)23(19)32-3)24(29)26-25-14-17-15-28(18-8-5-4-6-9-18)27-22(17)21-10-7-11-33-21/h4-15H,1-3H3,(H,26,29). The number of thiophene rings is 1. The molecule has 4 rings (SSSR count). The van der Waals surface area contributed by atoms with Crippen molar-refractivity contribution in [2.24, 2.45) is 5.10 Å². The summed E-state index contributed by atoms with van der Waals surface area (Å²) in [5.74, 6) is 0.762. The zero-order valence-electron chi connectivity index (χ0n) is 18.3. The number of benzene rings is 2. The lowest BCUT2D eigenvalue weighted by atomic mass is 10.1. The molecule has 0 radical (unpaired) electrons. The van der Waals surface area contributed by atoms with Crippen molar-refractivity contribution in [2.75, 3.05) is 21.3 Å². The van der Waals surface area contributed by atoms with Gasteiger partial charge < -0.3 is 14.2 Å². The van der Waals surface area contributed by atoms with Crippen molar-refractivity contribution in [3.63, 3.8) is 0 Å². The summed E-state index contributed by atoms with van der Waals surface area (Å²) in [7, 11) is 4.49. The van der Waals surface area contributed by atoms with Gasteiger partial charge in [0.25, 0.3) is 5.91 Å². The Labute approximate surface area is 195 Å². The van der Waals surface area contributed by atoms with Crippen molar-refractivity contribution < 1.29 is 19.0 Å². The number of hydrogen-bond acceptors (Lipinski definition) is 7. The molecule has 0 saturated carbocycles. The van der Waals surface area contributed by atoms with Crippen LogP contribution in [0.5, 0.6) is 17.2 Å². The maximum Gasteiger partial charge on any atom is 0.271 e. The van der Waals surface area contributed by atoms with Crippen LogP contribution in [0.1, 0.15) is 15.9 Å². The van der Waals surface area contributed by atoms with E-state index in [1.54, 1.807) is 34.4 Å². The third kappa shape index (κ3) is 4.73. The molecule has 9 heteroatoms. The Morgan fingerprint density at radius 1 is 1.03 bits per heavy atom. The SMILES string of the molecule is COc1cc(C(=O)NN=Cc2cn(-c3ccccc3)nc2-c2cccs2)cc(OC)c1OC. The summed E-state index contributed by atoms with van der Waals surface area (Å²) in [6.45, 7) is 0. The second kappa shape index (κ2) is 10.0. The fourth-order valence-corrected chi connectivity index (χ4v) is 3.97. The maximum atomic E-state index is 12.7. The summed E-state index contributed by atoms with van der Waals surface area (Å²) in [5, 5.41) is 10.9. The van der Waals surface area contributed by atoms with Crippen LogP contribution in [0, 0.1) is 0 Å². The molecule has 2 aromatic heterocycles. The summed E-state index contributed by atoms with van der Waals surface area (Å²) in [6, 6.07) is 16.9. The zero-order valence-corrected chi connectivity index (χ0v) is 19.1. The molecular weight excluding hydrogens is 440 g/mol. The van der Waals surface area contributed by atoms with Crippen LogP contribution in [0.25, 0.3) is 16.3 Å². The average Bonchev–Trinajstić information content (AvgIpc) is 3.53. The average molecular weight is 463 g/mol. The van der Waals surface area contributed by atoms with Gasteiger partial charge in [-0.2, -0.15) is 10.2 Å². The van der Waals surface area contributed by atoms with Gasteiger partial charge in [0, 0.05) is 17.3 Å². The van der Waals surface area contributed by atoms with Gasteiger partial charge in [-0.05, 0) is 35.7 Å². The summed E-state index contributed by atoms with van der Waals surface area (Å²) in [6.07, 6.45) is 3.46. The number of nitrogens with zero attached hydrogens (tertiary/aromatic N) is 3. The van der Waals surface area contributed by atoms with E-state index in [9.17, 15) is 4.79 Å². The molecule has 0 fully saturated rings. The quantitative estimate of drug-likeness (QED) is 0.310. The number of nitrogens with one attached hydrogen (secondary N) is 1. The molecule has 0 aliphatic carbocycles. The van der Waals surface area contributed by atoms with Crippen molar-refractivity contribution in [1.82, 2.24) is 15.2 Å². The monoisotopic (exact) mass is 462 g/mol. The third-order valence-corrected chi connectivity index (χ3v) is 5.69. The molecule has 1 N–H and O–H groups in total. The van der Waals surface area contributed by atoms with Crippen LogP contribution in [0.15, 0.2) is 71.3 Å². The summed E-state index contributed by atoms with van der Waals surface area (Å²) in [5.41, 5.74) is 5.35. The smallest absolute Gasteiger partial charge is 0.271 e. The molecular formula is C24H22N4O4S. The Morgan fingerprint density at radius 2 is 1.76 bits per heavy atom. The lowest BCUT2D eigenvalue weighted by Gasteiger charge is -2.13. The Morgan fingerprint density at radius 3 is 2.36 bits per heavy atom. The minimum Gasteiger partial charge on any atom is -0.493 e. The maximum absolute atomic E-state index is 12.7. The predicted octanol–water partition coefficient (Wildman–Crippen LogP) is 4.39. The first-order chi connectivity index (χ1) is 16.1. The van der Waals surface area contributed by atoms with Gasteiger partial charge in [-0.3, -0.25) is 4.79 Å². The Kier molecular flexibility index (Phi) is 6.70. The molecule has 0 spiro atoms. The largest absolute Gasteiger partial charge is 0.493 e. The van der Waals surface area contributed by atoms with Gasteiger partial charge in [0.1, 0.15) is 5.69 Å². The Balaban J connectivity index is 1.60. The number of carbonyl (C=O) groups excluding carboxylic acids is 1. The molecule has 0 bridgehead atoms. The molecule has 0 atom stereocenters. The van der Waals surface area contributed by atoms with E-state index in [-0.39, 0.29) is 0 Å². The number of hydrogen-bond donors (Lipinski definition) is 1. The second-order valence-corrected chi connectivity index (χ2v) is 7.75. The molecule has 0 aliphatic rings. The molecule has 1 amide bonds. The van der Waals surface area contributed by atoms with Crippen LogP contribution in [-0.4, -0.2) is 43.2 Å². The van der Waals surface area contributed by atoms with E-state index in [0.29, 0.717) is 22.8 Å². The van der Waals surface area contributed by atoms with Gasteiger partial charge in [0.15, 0.2) is 11.5 Å². The molecule has 4 aromatic rings. The van der Waals surface area contributed by atoms with Gasteiger partial charge in [0.2, 0.25) is 5.75 Å². The first-order valence-corrected chi connectivity index (χ1v) is 10.8. The van der Waals surface area contributed by atoms with Gasteiger partial charge in [0.05, 0.1) is 38.1 Å². The van der Waals surface area contributed by atoms with Gasteiger partial charge >= 0.3 is 0 Å². The highest BCUT2D eigenvalue weighted by atomic mass is 32.1. The number of carbonyl (C=O) groups is 1. The Bertz CT molecular complexity index is 1240. The highest BCUT2D eigenvalue weighted by molar-refractivity contribution is 7.13. The molecule has 168 valence electrons. The van der Waals surface area contributed by atoms with Crippen molar-refractivity contribution in [1.29, 1.82) is 0 Å². The number of amides is 1. The van der Waals surface area contributed by atoms with E-state index in [2.05, 4.69) is 10.5 Å². The van der Waals surface area contributed by atoms with Crippen LogP contribution in [0.2, 0.25) is 0 Å². The van der Waals surface area contributed by atoms with Crippen LogP contribution < -0.4 is 19.6 Å². The molecule has 0 saturated heterocycles. The number of para-hydroxylation sites is 1. The van der Waals surface area contributed by atoms with E-state index in [0.717, 1.165) is 21.8 Å². The lowest BCUT2D eigenvalue weighted by Crippen LogP contribution is -2.18. The number of aromatic nitrogens is 2. The minimum atomic E-state index is -0.418. The summed E-state index contributed by atoms with van der Waals surface area (Å²) >= 11 is 1.58. The molecule has 2 heterocycles. The van der Waals surface area contributed by atoms with Gasteiger partial charge in [-0.1, -0.05) is 24.3 Å². The highest BCUT2D eigenvalue weighted by Crippen LogP contribution is 2.38. The van der Waals surface area contributed by atoms with Crippen LogP contribution in [0.4, 0.5) is 0 Å². The molecule has 8 nitrogen and oxygen atoms in total. The van der Waals surface area contributed by atoms with E-state index in [1.165, 1.54) is 21.3 Å². The number of methoxy groups -OCH3 is 3. The highest BCUT2D eigenvalue weighted by Gasteiger charge is 2.17. The van der Waals surface area contributed by atoms with E-state index >= 15 is 0 Å². The van der Waals surface area contributed by atoms with Crippen molar-refractivity contribution in [3.8, 4) is 33.5 Å². The fraction of sp³-hybridized carbons (Fsp3) is 0.125. The van der Waals surface area contributed by atoms with E-state index in [1.807, 2.05) is 54.0 Å². The van der Waals surface area contributed by atoms with Crippen molar-refractivity contribution in [3.05, 3.63) is 77.3 Å². The normalized spacial score (nSPS) is 10.9. The van der Waals surface area contributed by atoms with E-state index in [4.69, 9.17) is 19.3 Å².